The lowest BCUT2D eigenvalue weighted by atomic mass is 10.1. The first-order valence-electron chi connectivity index (χ1n) is 5.70. The van der Waals surface area contributed by atoms with E-state index in [1.807, 2.05) is 13.8 Å². The summed E-state index contributed by atoms with van der Waals surface area (Å²) in [6, 6.07) is -0.298. The zero-order chi connectivity index (χ0) is 13.5. The van der Waals surface area contributed by atoms with Crippen LogP contribution in [0.4, 0.5) is 0 Å². The molecule has 0 bridgehead atoms. The molecule has 1 fully saturated rings. The Morgan fingerprint density at radius 3 is 2.61 bits per heavy atom. The van der Waals surface area contributed by atoms with Gasteiger partial charge in [0.2, 0.25) is 0 Å². The van der Waals surface area contributed by atoms with Crippen molar-refractivity contribution in [3.63, 3.8) is 0 Å². The Morgan fingerprint density at radius 2 is 2.17 bits per heavy atom. The van der Waals surface area contributed by atoms with E-state index in [2.05, 4.69) is 10.3 Å². The van der Waals surface area contributed by atoms with Crippen LogP contribution in [0.2, 0.25) is 0 Å². The van der Waals surface area contributed by atoms with E-state index in [1.165, 1.54) is 4.68 Å². The van der Waals surface area contributed by atoms with Crippen LogP contribution < -0.4 is 0 Å². The van der Waals surface area contributed by atoms with Gasteiger partial charge in [-0.1, -0.05) is 19.1 Å². The second kappa shape index (κ2) is 4.34. The molecule has 2 heterocycles. The third kappa shape index (κ3) is 2.24. The zero-order valence-electron chi connectivity index (χ0n) is 10.2. The molecule has 0 saturated carbocycles. The number of hydrogen-bond donors (Lipinski definition) is 1. The SMILES string of the molecule is CC(C)c1c(C(=O)O)nnn1C1CCS(=O)(=O)C1. The van der Waals surface area contributed by atoms with E-state index >= 15 is 0 Å². The van der Waals surface area contributed by atoms with Crippen molar-refractivity contribution in [3.05, 3.63) is 11.4 Å². The lowest BCUT2D eigenvalue weighted by molar-refractivity contribution is 0.0688. The predicted molar refractivity (Wildman–Crippen MR) is 63.4 cm³/mol. The highest BCUT2D eigenvalue weighted by molar-refractivity contribution is 7.91. The smallest absolute Gasteiger partial charge is 0.358 e. The summed E-state index contributed by atoms with van der Waals surface area (Å²) >= 11 is 0. The normalized spacial score (nSPS) is 22.5. The molecule has 1 N–H and O–H groups in total. The van der Waals surface area contributed by atoms with Crippen molar-refractivity contribution in [1.82, 2.24) is 15.0 Å². The molecule has 7 nitrogen and oxygen atoms in total. The van der Waals surface area contributed by atoms with Crippen molar-refractivity contribution in [2.75, 3.05) is 11.5 Å². The summed E-state index contributed by atoms with van der Waals surface area (Å²) in [6.45, 7) is 3.68. The number of carboxylic acids is 1. The minimum Gasteiger partial charge on any atom is -0.476 e. The molecule has 100 valence electrons. The van der Waals surface area contributed by atoms with E-state index in [0.717, 1.165) is 0 Å². The van der Waals surface area contributed by atoms with Gasteiger partial charge in [0.15, 0.2) is 15.5 Å². The second-order valence-electron chi connectivity index (χ2n) is 4.78. The quantitative estimate of drug-likeness (QED) is 0.858. The summed E-state index contributed by atoms with van der Waals surface area (Å²) in [4.78, 5) is 11.0. The molecule has 0 aliphatic carbocycles. The Balaban J connectivity index is 2.43. The van der Waals surface area contributed by atoms with Crippen LogP contribution in [0.3, 0.4) is 0 Å². The standard InChI is InChI=1S/C10H15N3O4S/c1-6(2)9-8(10(14)15)11-12-13(9)7-3-4-18(16,17)5-7/h6-7H,3-5H2,1-2H3,(H,14,15). The van der Waals surface area contributed by atoms with Crippen molar-refractivity contribution in [3.8, 4) is 0 Å². The number of hydrogen-bond acceptors (Lipinski definition) is 5. The molecule has 0 radical (unpaired) electrons. The van der Waals surface area contributed by atoms with Crippen molar-refractivity contribution in [2.45, 2.75) is 32.2 Å². The van der Waals surface area contributed by atoms with E-state index in [4.69, 9.17) is 5.11 Å². The number of rotatable bonds is 3. The number of aromatic nitrogens is 3. The van der Waals surface area contributed by atoms with E-state index in [1.54, 1.807) is 0 Å². The zero-order valence-corrected chi connectivity index (χ0v) is 11.0. The van der Waals surface area contributed by atoms with Gasteiger partial charge in [0.25, 0.3) is 0 Å². The fraction of sp³-hybridized carbons (Fsp3) is 0.700. The predicted octanol–water partition coefficient (Wildman–Crippen LogP) is 0.459. The largest absolute Gasteiger partial charge is 0.476 e. The molecule has 1 aromatic heterocycles. The summed E-state index contributed by atoms with van der Waals surface area (Å²) in [6.07, 6.45) is 0.463. The van der Waals surface area contributed by atoms with Crippen LogP contribution in [0.1, 0.15) is 48.4 Å². The molecule has 0 aromatic carbocycles. The van der Waals surface area contributed by atoms with Crippen molar-refractivity contribution < 1.29 is 18.3 Å². The maximum Gasteiger partial charge on any atom is 0.358 e. The van der Waals surface area contributed by atoms with Gasteiger partial charge in [-0.25, -0.2) is 17.9 Å². The highest BCUT2D eigenvalue weighted by Crippen LogP contribution is 2.28. The van der Waals surface area contributed by atoms with Gasteiger partial charge >= 0.3 is 5.97 Å². The molecule has 1 aromatic rings. The average Bonchev–Trinajstić information content (AvgIpc) is 2.80. The minimum atomic E-state index is -3.03. The average molecular weight is 273 g/mol. The van der Waals surface area contributed by atoms with E-state index in [0.29, 0.717) is 12.1 Å². The van der Waals surface area contributed by atoms with E-state index in [-0.39, 0.29) is 29.2 Å². The van der Waals surface area contributed by atoms with Crippen molar-refractivity contribution >= 4 is 15.8 Å². The first kappa shape index (κ1) is 13.0. The first-order valence-corrected chi connectivity index (χ1v) is 7.53. The molecule has 0 amide bonds. The number of nitrogens with zero attached hydrogens (tertiary/aromatic N) is 3. The molecular weight excluding hydrogens is 258 g/mol. The number of sulfone groups is 1. The molecule has 0 spiro atoms. The Morgan fingerprint density at radius 1 is 1.50 bits per heavy atom. The number of aromatic carboxylic acids is 1. The van der Waals surface area contributed by atoms with Crippen molar-refractivity contribution in [1.29, 1.82) is 0 Å². The van der Waals surface area contributed by atoms with Gasteiger partial charge in [-0.15, -0.1) is 5.10 Å². The molecule has 1 unspecified atom stereocenters. The third-order valence-corrected chi connectivity index (χ3v) is 4.78. The molecule has 8 heteroatoms. The van der Waals surface area contributed by atoms with Gasteiger partial charge < -0.3 is 5.11 Å². The molecule has 1 saturated heterocycles. The van der Waals surface area contributed by atoms with Gasteiger partial charge in [0.05, 0.1) is 23.2 Å². The lowest BCUT2D eigenvalue weighted by Gasteiger charge is -2.14. The summed E-state index contributed by atoms with van der Waals surface area (Å²) in [7, 11) is -3.03. The highest BCUT2D eigenvalue weighted by atomic mass is 32.2. The van der Waals surface area contributed by atoms with E-state index in [9.17, 15) is 13.2 Å². The fourth-order valence-electron chi connectivity index (χ4n) is 2.23. The summed E-state index contributed by atoms with van der Waals surface area (Å²) in [5.41, 5.74) is 0.402. The summed E-state index contributed by atoms with van der Waals surface area (Å²) in [5, 5.41) is 16.5. The van der Waals surface area contributed by atoms with Crippen LogP contribution in [0, 0.1) is 0 Å². The molecule has 2 rings (SSSR count). The Kier molecular flexibility index (Phi) is 3.14. The summed E-state index contributed by atoms with van der Waals surface area (Å²) in [5.74, 6) is -1.08. The van der Waals surface area contributed by atoms with Crippen LogP contribution >= 0.6 is 0 Å². The van der Waals surface area contributed by atoms with Gasteiger partial charge in [-0.05, 0) is 12.3 Å². The molecule has 1 aliphatic heterocycles. The second-order valence-corrected chi connectivity index (χ2v) is 7.01. The Hall–Kier alpha value is -1.44. The number of carboxylic acid groups (broad SMARTS) is 1. The Labute approximate surface area is 105 Å². The van der Waals surface area contributed by atoms with E-state index < -0.39 is 15.8 Å². The number of carbonyl (C=O) groups is 1. The maximum atomic E-state index is 11.5. The third-order valence-electron chi connectivity index (χ3n) is 3.03. The molecule has 1 aliphatic rings. The molecular formula is C10H15N3O4S. The Bertz CT molecular complexity index is 576. The van der Waals surface area contributed by atoms with Crippen LogP contribution in [0.5, 0.6) is 0 Å². The first-order chi connectivity index (χ1) is 8.32. The van der Waals surface area contributed by atoms with Crippen LogP contribution in [-0.4, -0.2) is 46.0 Å². The van der Waals surface area contributed by atoms with Crippen LogP contribution in [-0.2, 0) is 9.84 Å². The fourth-order valence-corrected chi connectivity index (χ4v) is 3.92. The highest BCUT2D eigenvalue weighted by Gasteiger charge is 2.33. The monoisotopic (exact) mass is 273 g/mol. The van der Waals surface area contributed by atoms with Gasteiger partial charge in [0, 0.05) is 0 Å². The minimum absolute atomic E-state index is 0.00907. The van der Waals surface area contributed by atoms with Gasteiger partial charge in [-0.2, -0.15) is 0 Å². The topological polar surface area (TPSA) is 102 Å². The molecule has 18 heavy (non-hydrogen) atoms. The van der Waals surface area contributed by atoms with Crippen LogP contribution in [0.25, 0.3) is 0 Å². The van der Waals surface area contributed by atoms with Gasteiger partial charge in [-0.3, -0.25) is 0 Å². The maximum absolute atomic E-state index is 11.5. The lowest BCUT2D eigenvalue weighted by Crippen LogP contribution is -2.17. The van der Waals surface area contributed by atoms with Crippen LogP contribution in [0.15, 0.2) is 0 Å². The summed E-state index contributed by atoms with van der Waals surface area (Å²) < 4.78 is 24.4. The van der Waals surface area contributed by atoms with Gasteiger partial charge in [0.1, 0.15) is 0 Å². The van der Waals surface area contributed by atoms with Crippen molar-refractivity contribution in [2.24, 2.45) is 0 Å². The molecule has 1 atom stereocenters.